The Kier molecular flexibility index (Phi) is 4.64. The highest BCUT2D eigenvalue weighted by Crippen LogP contribution is 2.71. The smallest absolute Gasteiger partial charge is 0.302 e. The van der Waals surface area contributed by atoms with Crippen molar-refractivity contribution >= 4 is 11.8 Å². The van der Waals surface area contributed by atoms with Crippen molar-refractivity contribution in [3.8, 4) is 0 Å². The third kappa shape index (κ3) is 2.53. The Morgan fingerprint density at radius 3 is 2.43 bits per heavy atom. The van der Waals surface area contributed by atoms with Gasteiger partial charge in [0.2, 0.25) is 0 Å². The number of carbonyl (C=O) groups is 2. The fourth-order valence-electron chi connectivity index (χ4n) is 8.29. The standard InChI is InChI=1S/C25H38O3/c1-15-13-22-20-8-7-18-14-19(28-17(3)27)9-11-23(18,4)21(20)10-12-24(22,5)25(15,6)16(2)26/h7,15,19-22H,8-14H2,1-6H3/t15-,19+,20-,21+,22+,23+,24+,25-/m0/s1. The van der Waals surface area contributed by atoms with Crippen LogP contribution < -0.4 is 0 Å². The Morgan fingerprint density at radius 1 is 1.07 bits per heavy atom. The van der Waals surface area contributed by atoms with Gasteiger partial charge in [0, 0.05) is 18.8 Å². The summed E-state index contributed by atoms with van der Waals surface area (Å²) in [4.78, 5) is 24.2. The van der Waals surface area contributed by atoms with Gasteiger partial charge in [-0.15, -0.1) is 0 Å². The van der Waals surface area contributed by atoms with Crippen LogP contribution in [0, 0.1) is 39.9 Å². The van der Waals surface area contributed by atoms with E-state index in [0.29, 0.717) is 29.5 Å². The van der Waals surface area contributed by atoms with Crippen LogP contribution in [-0.2, 0) is 14.3 Å². The fraction of sp³-hybridized carbons (Fsp3) is 0.840. The minimum Gasteiger partial charge on any atom is -0.462 e. The summed E-state index contributed by atoms with van der Waals surface area (Å²) in [7, 11) is 0. The molecule has 0 unspecified atom stereocenters. The summed E-state index contributed by atoms with van der Waals surface area (Å²) < 4.78 is 5.56. The van der Waals surface area contributed by atoms with E-state index >= 15 is 0 Å². The number of ketones is 1. The molecule has 0 heterocycles. The molecule has 0 bridgehead atoms. The van der Waals surface area contributed by atoms with Gasteiger partial charge in [0.05, 0.1) is 0 Å². The number of allylic oxidation sites excluding steroid dienone is 1. The second-order valence-corrected chi connectivity index (χ2v) is 11.1. The normalized spacial score (nSPS) is 50.1. The molecule has 4 aliphatic carbocycles. The van der Waals surface area contributed by atoms with Crippen molar-refractivity contribution in [3.63, 3.8) is 0 Å². The third-order valence-corrected chi connectivity index (χ3v) is 10.3. The lowest BCUT2D eigenvalue weighted by Crippen LogP contribution is -2.53. The Balaban J connectivity index is 1.64. The molecule has 3 nitrogen and oxygen atoms in total. The molecule has 0 amide bonds. The highest BCUT2D eigenvalue weighted by molar-refractivity contribution is 5.83. The first-order valence-corrected chi connectivity index (χ1v) is 11.4. The number of ether oxygens (including phenoxy) is 1. The number of esters is 1. The molecule has 0 spiro atoms. The molecule has 4 aliphatic rings. The van der Waals surface area contributed by atoms with Crippen LogP contribution >= 0.6 is 0 Å². The lowest BCUT2D eigenvalue weighted by molar-refractivity contribution is -0.150. The summed E-state index contributed by atoms with van der Waals surface area (Å²) in [5.41, 5.74) is 1.74. The van der Waals surface area contributed by atoms with Gasteiger partial charge in [-0.25, -0.2) is 0 Å². The minimum absolute atomic E-state index is 0.0646. The maximum Gasteiger partial charge on any atom is 0.302 e. The van der Waals surface area contributed by atoms with Crippen LogP contribution in [0.1, 0.15) is 86.5 Å². The monoisotopic (exact) mass is 386 g/mol. The number of carbonyl (C=O) groups excluding carboxylic acids is 2. The van der Waals surface area contributed by atoms with E-state index in [1.807, 2.05) is 6.92 Å². The average molecular weight is 387 g/mol. The second-order valence-electron chi connectivity index (χ2n) is 11.1. The quantitative estimate of drug-likeness (QED) is 0.450. The number of Topliss-reactive ketones (excluding diaryl/α,β-unsaturated/α-hetero) is 1. The second kappa shape index (κ2) is 6.44. The molecular weight excluding hydrogens is 348 g/mol. The Bertz CT molecular complexity index is 723. The van der Waals surface area contributed by atoms with E-state index in [9.17, 15) is 9.59 Å². The van der Waals surface area contributed by atoms with E-state index in [4.69, 9.17) is 4.74 Å². The van der Waals surface area contributed by atoms with Crippen molar-refractivity contribution in [1.82, 2.24) is 0 Å². The first-order valence-electron chi connectivity index (χ1n) is 11.4. The van der Waals surface area contributed by atoms with E-state index < -0.39 is 0 Å². The van der Waals surface area contributed by atoms with Gasteiger partial charge in [-0.1, -0.05) is 39.3 Å². The number of hydrogen-bond donors (Lipinski definition) is 0. The Hall–Kier alpha value is -1.12. The van der Waals surface area contributed by atoms with E-state index in [1.165, 1.54) is 31.8 Å². The zero-order chi connectivity index (χ0) is 20.5. The van der Waals surface area contributed by atoms with Crippen LogP contribution in [0.3, 0.4) is 0 Å². The van der Waals surface area contributed by atoms with Gasteiger partial charge in [-0.3, -0.25) is 9.59 Å². The summed E-state index contributed by atoms with van der Waals surface area (Å²) in [5.74, 6) is 2.77. The number of fused-ring (bicyclic) bond motifs is 5. The van der Waals surface area contributed by atoms with Crippen LogP contribution in [0.5, 0.6) is 0 Å². The Morgan fingerprint density at radius 2 is 1.79 bits per heavy atom. The molecule has 0 aliphatic heterocycles. The first kappa shape index (κ1) is 20.2. The number of hydrogen-bond acceptors (Lipinski definition) is 3. The lowest BCUT2D eigenvalue weighted by atomic mass is 9.45. The van der Waals surface area contributed by atoms with Gasteiger partial charge >= 0.3 is 5.97 Å². The predicted octanol–water partition coefficient (Wildman–Crippen LogP) is 5.72. The lowest BCUT2D eigenvalue weighted by Gasteiger charge is -2.59. The first-order chi connectivity index (χ1) is 13.0. The highest BCUT2D eigenvalue weighted by Gasteiger charge is 2.66. The van der Waals surface area contributed by atoms with Crippen molar-refractivity contribution < 1.29 is 14.3 Å². The topological polar surface area (TPSA) is 43.4 Å². The van der Waals surface area contributed by atoms with Gasteiger partial charge in [0.25, 0.3) is 0 Å². The molecule has 28 heavy (non-hydrogen) atoms. The van der Waals surface area contributed by atoms with Gasteiger partial charge in [0.1, 0.15) is 11.9 Å². The zero-order valence-electron chi connectivity index (χ0n) is 18.6. The minimum atomic E-state index is -0.180. The van der Waals surface area contributed by atoms with Gasteiger partial charge in [0.15, 0.2) is 0 Å². The number of rotatable bonds is 2. The van der Waals surface area contributed by atoms with Crippen molar-refractivity contribution in [2.75, 3.05) is 0 Å². The molecule has 156 valence electrons. The molecule has 0 aromatic heterocycles. The van der Waals surface area contributed by atoms with E-state index in [2.05, 4.69) is 33.8 Å². The highest BCUT2D eigenvalue weighted by atomic mass is 16.5. The molecule has 0 N–H and O–H groups in total. The van der Waals surface area contributed by atoms with E-state index in [1.54, 1.807) is 0 Å². The van der Waals surface area contributed by atoms with Crippen LogP contribution in [0.15, 0.2) is 11.6 Å². The molecular formula is C25H38O3. The van der Waals surface area contributed by atoms with Gasteiger partial charge in [-0.05, 0) is 80.0 Å². The maximum atomic E-state index is 12.8. The predicted molar refractivity (Wildman–Crippen MR) is 111 cm³/mol. The zero-order valence-corrected chi connectivity index (χ0v) is 18.6. The van der Waals surface area contributed by atoms with E-state index in [0.717, 1.165) is 25.7 Å². The largest absolute Gasteiger partial charge is 0.462 e. The summed E-state index contributed by atoms with van der Waals surface area (Å²) in [6.07, 6.45) is 10.3. The molecule has 8 atom stereocenters. The van der Waals surface area contributed by atoms with Crippen molar-refractivity contribution in [1.29, 1.82) is 0 Å². The molecule has 0 aromatic rings. The fourth-order valence-corrected chi connectivity index (χ4v) is 8.29. The summed E-state index contributed by atoms with van der Waals surface area (Å²) in [5, 5.41) is 0. The molecule has 0 radical (unpaired) electrons. The van der Waals surface area contributed by atoms with Crippen LogP contribution in [0.25, 0.3) is 0 Å². The molecule has 3 saturated carbocycles. The molecule has 3 heteroatoms. The van der Waals surface area contributed by atoms with Crippen molar-refractivity contribution in [3.05, 3.63) is 11.6 Å². The SMILES string of the molecule is CC(=O)O[C@@H]1CC[C@]2(C)C(=CC[C@H]3[C@H]2CC[C@]2(C)[C@@H]3C[C@H](C)[C@@]2(C)C(C)=O)C1. The third-order valence-electron chi connectivity index (χ3n) is 10.3. The summed E-state index contributed by atoms with van der Waals surface area (Å²) in [6.45, 7) is 12.8. The van der Waals surface area contributed by atoms with E-state index in [-0.39, 0.29) is 28.3 Å². The average Bonchev–Trinajstić information content (AvgIpc) is 2.83. The molecule has 0 saturated heterocycles. The molecule has 4 rings (SSSR count). The van der Waals surface area contributed by atoms with Gasteiger partial charge < -0.3 is 4.74 Å². The summed E-state index contributed by atoms with van der Waals surface area (Å²) in [6, 6.07) is 0. The van der Waals surface area contributed by atoms with Gasteiger partial charge in [-0.2, -0.15) is 0 Å². The molecule has 3 fully saturated rings. The van der Waals surface area contributed by atoms with Crippen LogP contribution in [0.4, 0.5) is 0 Å². The van der Waals surface area contributed by atoms with Crippen LogP contribution in [-0.4, -0.2) is 17.9 Å². The van der Waals surface area contributed by atoms with Crippen LogP contribution in [0.2, 0.25) is 0 Å². The Labute approximate surface area is 170 Å². The molecule has 0 aromatic carbocycles. The maximum absolute atomic E-state index is 12.8. The van der Waals surface area contributed by atoms with Crippen molar-refractivity contribution in [2.45, 2.75) is 92.6 Å². The summed E-state index contributed by atoms with van der Waals surface area (Å²) >= 11 is 0. The van der Waals surface area contributed by atoms with Crippen molar-refractivity contribution in [2.24, 2.45) is 39.9 Å².